The Morgan fingerprint density at radius 2 is 1.94 bits per heavy atom. The lowest BCUT2D eigenvalue weighted by Crippen LogP contribution is -2.16. The highest BCUT2D eigenvalue weighted by atomic mass is 16.5. The van der Waals surface area contributed by atoms with Crippen LogP contribution < -0.4 is 0 Å². The molecule has 0 aliphatic heterocycles. The minimum atomic E-state index is -0.989. The maximum Gasteiger partial charge on any atom is 0.306 e. The molecule has 0 bridgehead atoms. The largest absolute Gasteiger partial charge is 0.481 e. The van der Waals surface area contributed by atoms with Gasteiger partial charge in [-0.05, 0) is 5.56 Å². The third-order valence-electron chi connectivity index (χ3n) is 2.14. The minimum absolute atomic E-state index is 0.0951. The van der Waals surface area contributed by atoms with E-state index in [0.717, 1.165) is 5.56 Å². The summed E-state index contributed by atoms with van der Waals surface area (Å²) in [4.78, 5) is 21.7. The van der Waals surface area contributed by atoms with E-state index in [1.807, 2.05) is 30.3 Å². The van der Waals surface area contributed by atoms with Crippen LogP contribution in [0.3, 0.4) is 0 Å². The lowest BCUT2D eigenvalue weighted by Gasteiger charge is -2.07. The van der Waals surface area contributed by atoms with Crippen molar-refractivity contribution < 1.29 is 19.4 Å². The van der Waals surface area contributed by atoms with Crippen LogP contribution in [0.4, 0.5) is 0 Å². The molecular weight excluding hydrogens is 208 g/mol. The molecule has 1 aromatic rings. The van der Waals surface area contributed by atoms with Crippen LogP contribution in [0.25, 0.3) is 0 Å². The number of aliphatic carboxylic acids is 1. The van der Waals surface area contributed by atoms with Gasteiger partial charge in [-0.25, -0.2) is 0 Å². The predicted molar refractivity (Wildman–Crippen MR) is 57.7 cm³/mol. The fourth-order valence-corrected chi connectivity index (χ4v) is 1.13. The summed E-state index contributed by atoms with van der Waals surface area (Å²) in [5.74, 6) is -2.18. The normalized spacial score (nSPS) is 11.8. The molecule has 0 aliphatic rings. The first-order valence-electron chi connectivity index (χ1n) is 5.02. The Morgan fingerprint density at radius 1 is 1.31 bits per heavy atom. The summed E-state index contributed by atoms with van der Waals surface area (Å²) < 4.78 is 4.95. The molecule has 0 amide bonds. The number of carboxylic acid groups (broad SMARTS) is 1. The van der Waals surface area contributed by atoms with E-state index in [9.17, 15) is 9.59 Å². The van der Waals surface area contributed by atoms with Gasteiger partial charge in [0.25, 0.3) is 0 Å². The van der Waals surface area contributed by atoms with Crippen molar-refractivity contribution in [2.75, 3.05) is 0 Å². The van der Waals surface area contributed by atoms with Crippen molar-refractivity contribution in [3.8, 4) is 0 Å². The molecule has 0 aromatic heterocycles. The first-order chi connectivity index (χ1) is 7.59. The summed E-state index contributed by atoms with van der Waals surface area (Å²) in [7, 11) is 0. The van der Waals surface area contributed by atoms with E-state index < -0.39 is 17.9 Å². The molecule has 4 nitrogen and oxygen atoms in total. The van der Waals surface area contributed by atoms with Gasteiger partial charge in [0.15, 0.2) is 0 Å². The number of hydrogen-bond acceptors (Lipinski definition) is 3. The summed E-state index contributed by atoms with van der Waals surface area (Å²) >= 11 is 0. The van der Waals surface area contributed by atoms with E-state index in [1.165, 1.54) is 6.92 Å². The monoisotopic (exact) mass is 222 g/mol. The van der Waals surface area contributed by atoms with Gasteiger partial charge >= 0.3 is 11.9 Å². The van der Waals surface area contributed by atoms with Gasteiger partial charge in [-0.2, -0.15) is 0 Å². The van der Waals surface area contributed by atoms with Gasteiger partial charge in [0, 0.05) is 0 Å². The molecule has 1 rings (SSSR count). The molecule has 1 unspecified atom stereocenters. The highest BCUT2D eigenvalue weighted by Gasteiger charge is 2.16. The van der Waals surface area contributed by atoms with Crippen molar-refractivity contribution in [2.45, 2.75) is 20.0 Å². The van der Waals surface area contributed by atoms with Crippen LogP contribution in [0, 0.1) is 5.92 Å². The maximum atomic E-state index is 11.2. The van der Waals surface area contributed by atoms with Crippen LogP contribution in [-0.4, -0.2) is 17.0 Å². The molecular formula is C12H14O4. The van der Waals surface area contributed by atoms with Crippen LogP contribution in [0.5, 0.6) is 0 Å². The lowest BCUT2D eigenvalue weighted by atomic mass is 10.1. The molecule has 1 aromatic carbocycles. The van der Waals surface area contributed by atoms with Gasteiger partial charge in [0.2, 0.25) is 0 Å². The third kappa shape index (κ3) is 4.13. The van der Waals surface area contributed by atoms with Crippen LogP contribution in [-0.2, 0) is 20.9 Å². The SMILES string of the molecule is CC(CC(=O)OCc1ccccc1)C(=O)O. The smallest absolute Gasteiger partial charge is 0.306 e. The van der Waals surface area contributed by atoms with Gasteiger partial charge in [0.05, 0.1) is 12.3 Å². The number of esters is 1. The molecule has 0 saturated carbocycles. The van der Waals surface area contributed by atoms with Gasteiger partial charge in [0.1, 0.15) is 6.61 Å². The Hall–Kier alpha value is -1.84. The van der Waals surface area contributed by atoms with Crippen LogP contribution in [0.2, 0.25) is 0 Å². The van der Waals surface area contributed by atoms with E-state index in [2.05, 4.69) is 0 Å². The Kier molecular flexibility index (Phi) is 4.51. The lowest BCUT2D eigenvalue weighted by molar-refractivity contribution is -0.151. The molecule has 0 saturated heterocycles. The topological polar surface area (TPSA) is 63.6 Å². The summed E-state index contributed by atoms with van der Waals surface area (Å²) in [6.07, 6.45) is -0.0951. The van der Waals surface area contributed by atoms with Crippen LogP contribution >= 0.6 is 0 Å². The quantitative estimate of drug-likeness (QED) is 0.772. The predicted octanol–water partition coefficient (Wildman–Crippen LogP) is 1.84. The fourth-order valence-electron chi connectivity index (χ4n) is 1.13. The molecule has 0 spiro atoms. The van der Waals surface area contributed by atoms with Gasteiger partial charge in [-0.1, -0.05) is 37.3 Å². The van der Waals surface area contributed by atoms with Crippen molar-refractivity contribution in [3.63, 3.8) is 0 Å². The number of hydrogen-bond donors (Lipinski definition) is 1. The number of carbonyl (C=O) groups excluding carboxylic acids is 1. The van der Waals surface area contributed by atoms with Crippen molar-refractivity contribution in [1.29, 1.82) is 0 Å². The second kappa shape index (κ2) is 5.90. The zero-order valence-electron chi connectivity index (χ0n) is 9.05. The molecule has 0 aliphatic carbocycles. The summed E-state index contributed by atoms with van der Waals surface area (Å²) in [5.41, 5.74) is 0.888. The van der Waals surface area contributed by atoms with Crippen molar-refractivity contribution in [1.82, 2.24) is 0 Å². The second-order valence-electron chi connectivity index (χ2n) is 3.59. The third-order valence-corrected chi connectivity index (χ3v) is 2.14. The highest BCUT2D eigenvalue weighted by molar-refractivity contribution is 5.78. The number of rotatable bonds is 5. The molecule has 4 heteroatoms. The van der Waals surface area contributed by atoms with E-state index in [-0.39, 0.29) is 13.0 Å². The van der Waals surface area contributed by atoms with Gasteiger partial charge in [-0.15, -0.1) is 0 Å². The van der Waals surface area contributed by atoms with Crippen molar-refractivity contribution >= 4 is 11.9 Å². The van der Waals surface area contributed by atoms with Crippen LogP contribution in [0.1, 0.15) is 18.9 Å². The molecule has 16 heavy (non-hydrogen) atoms. The zero-order chi connectivity index (χ0) is 12.0. The van der Waals surface area contributed by atoms with E-state index in [0.29, 0.717) is 0 Å². The Morgan fingerprint density at radius 3 is 2.50 bits per heavy atom. The standard InChI is InChI=1S/C12H14O4/c1-9(12(14)15)7-11(13)16-8-10-5-3-2-4-6-10/h2-6,9H,7-8H2,1H3,(H,14,15). The Balaban J connectivity index is 2.33. The first-order valence-corrected chi connectivity index (χ1v) is 5.02. The number of carbonyl (C=O) groups is 2. The molecule has 1 N–H and O–H groups in total. The summed E-state index contributed by atoms with van der Waals surface area (Å²) in [6, 6.07) is 9.26. The van der Waals surface area contributed by atoms with E-state index in [1.54, 1.807) is 0 Å². The Labute approximate surface area is 93.9 Å². The number of ether oxygens (including phenoxy) is 1. The summed E-state index contributed by atoms with van der Waals surface area (Å²) in [6.45, 7) is 1.66. The average molecular weight is 222 g/mol. The number of benzene rings is 1. The van der Waals surface area contributed by atoms with Crippen molar-refractivity contribution in [3.05, 3.63) is 35.9 Å². The maximum absolute atomic E-state index is 11.2. The first kappa shape index (κ1) is 12.2. The summed E-state index contributed by atoms with van der Waals surface area (Å²) in [5, 5.41) is 8.61. The van der Waals surface area contributed by atoms with E-state index >= 15 is 0 Å². The minimum Gasteiger partial charge on any atom is -0.481 e. The fraction of sp³-hybridized carbons (Fsp3) is 0.333. The van der Waals surface area contributed by atoms with Crippen LogP contribution in [0.15, 0.2) is 30.3 Å². The molecule has 0 heterocycles. The molecule has 1 atom stereocenters. The second-order valence-corrected chi connectivity index (χ2v) is 3.59. The average Bonchev–Trinajstić information content (AvgIpc) is 2.27. The molecule has 0 radical (unpaired) electrons. The highest BCUT2D eigenvalue weighted by Crippen LogP contribution is 2.06. The number of carboxylic acids is 1. The molecule has 86 valence electrons. The van der Waals surface area contributed by atoms with Gasteiger partial charge < -0.3 is 9.84 Å². The Bertz CT molecular complexity index is 359. The van der Waals surface area contributed by atoms with Gasteiger partial charge in [-0.3, -0.25) is 9.59 Å². The van der Waals surface area contributed by atoms with E-state index in [4.69, 9.17) is 9.84 Å². The molecule has 0 fully saturated rings. The van der Waals surface area contributed by atoms with Crippen molar-refractivity contribution in [2.24, 2.45) is 5.92 Å². The zero-order valence-corrected chi connectivity index (χ0v) is 9.05.